The third-order valence-corrected chi connectivity index (χ3v) is 3.40. The van der Waals surface area contributed by atoms with E-state index >= 15 is 0 Å². The van der Waals surface area contributed by atoms with E-state index in [1.807, 2.05) is 10.9 Å². The van der Waals surface area contributed by atoms with Gasteiger partial charge in [-0.1, -0.05) is 20.8 Å². The number of hydrogen-bond donors (Lipinski definition) is 2. The molecule has 4 nitrogen and oxygen atoms in total. The summed E-state index contributed by atoms with van der Waals surface area (Å²) in [6.07, 6.45) is 3.96. The van der Waals surface area contributed by atoms with Crippen molar-refractivity contribution in [1.82, 2.24) is 15.1 Å². The van der Waals surface area contributed by atoms with Crippen LogP contribution in [0.2, 0.25) is 0 Å². The Balaban J connectivity index is 2.38. The monoisotopic (exact) mass is 253 g/mol. The Labute approximate surface area is 110 Å². The second-order valence-corrected chi connectivity index (χ2v) is 5.79. The van der Waals surface area contributed by atoms with Gasteiger partial charge in [0.1, 0.15) is 0 Å². The molecule has 0 aliphatic heterocycles. The summed E-state index contributed by atoms with van der Waals surface area (Å²) in [6.45, 7) is 10.6. The van der Waals surface area contributed by atoms with E-state index in [4.69, 9.17) is 5.11 Å². The van der Waals surface area contributed by atoms with Gasteiger partial charge in [-0.05, 0) is 31.2 Å². The van der Waals surface area contributed by atoms with Gasteiger partial charge in [0.05, 0.1) is 5.69 Å². The van der Waals surface area contributed by atoms with E-state index in [0.717, 1.165) is 31.6 Å². The highest BCUT2D eigenvalue weighted by Crippen LogP contribution is 2.18. The highest BCUT2D eigenvalue weighted by molar-refractivity contribution is 4.99. The molecule has 0 amide bonds. The molecular formula is C14H27N3O. The molecule has 1 rings (SSSR count). The van der Waals surface area contributed by atoms with Crippen LogP contribution in [-0.2, 0) is 6.54 Å². The zero-order valence-corrected chi connectivity index (χ0v) is 12.1. The molecule has 0 aliphatic carbocycles. The topological polar surface area (TPSA) is 50.1 Å². The third-order valence-electron chi connectivity index (χ3n) is 3.40. The lowest BCUT2D eigenvalue weighted by atomic mass is 9.90. The van der Waals surface area contributed by atoms with Gasteiger partial charge >= 0.3 is 0 Å². The van der Waals surface area contributed by atoms with E-state index in [9.17, 15) is 0 Å². The molecule has 0 fully saturated rings. The summed E-state index contributed by atoms with van der Waals surface area (Å²) in [4.78, 5) is 0. The minimum absolute atomic E-state index is 0.133. The van der Waals surface area contributed by atoms with E-state index in [0.29, 0.717) is 6.04 Å². The summed E-state index contributed by atoms with van der Waals surface area (Å²) in [7, 11) is 0. The quantitative estimate of drug-likeness (QED) is 0.747. The first-order valence-corrected chi connectivity index (χ1v) is 6.84. The Morgan fingerprint density at radius 1 is 1.50 bits per heavy atom. The summed E-state index contributed by atoms with van der Waals surface area (Å²) in [5, 5.41) is 16.9. The Morgan fingerprint density at radius 2 is 2.22 bits per heavy atom. The molecule has 104 valence electrons. The molecule has 0 saturated carbocycles. The molecule has 1 unspecified atom stereocenters. The maximum Gasteiger partial charge on any atom is 0.0762 e. The maximum atomic E-state index is 8.97. The number of nitrogens with zero attached hydrogens (tertiary/aromatic N) is 2. The first-order valence-electron chi connectivity index (χ1n) is 6.84. The Kier molecular flexibility index (Phi) is 5.82. The predicted molar refractivity (Wildman–Crippen MR) is 74.4 cm³/mol. The van der Waals surface area contributed by atoms with Gasteiger partial charge in [0.15, 0.2) is 0 Å². The van der Waals surface area contributed by atoms with Crippen molar-refractivity contribution >= 4 is 0 Å². The predicted octanol–water partition coefficient (Wildman–Crippen LogP) is 2.35. The zero-order chi connectivity index (χ0) is 13.6. The lowest BCUT2D eigenvalue weighted by molar-refractivity contribution is 0.207. The van der Waals surface area contributed by atoms with E-state index in [1.165, 1.54) is 0 Å². The van der Waals surface area contributed by atoms with E-state index in [-0.39, 0.29) is 12.0 Å². The molecule has 2 N–H and O–H groups in total. The van der Waals surface area contributed by atoms with Crippen molar-refractivity contribution in [3.63, 3.8) is 0 Å². The van der Waals surface area contributed by atoms with Crippen molar-refractivity contribution < 1.29 is 5.11 Å². The Bertz CT molecular complexity index is 347. The maximum absolute atomic E-state index is 8.97. The second kappa shape index (κ2) is 6.90. The number of aliphatic hydroxyl groups excluding tert-OH is 1. The highest BCUT2D eigenvalue weighted by atomic mass is 16.3. The van der Waals surface area contributed by atoms with Gasteiger partial charge < -0.3 is 10.4 Å². The van der Waals surface area contributed by atoms with Crippen LogP contribution >= 0.6 is 0 Å². The Morgan fingerprint density at radius 3 is 2.83 bits per heavy atom. The smallest absolute Gasteiger partial charge is 0.0762 e. The fourth-order valence-corrected chi connectivity index (χ4v) is 1.82. The number of aromatic nitrogens is 2. The van der Waals surface area contributed by atoms with Crippen molar-refractivity contribution in [3.8, 4) is 0 Å². The largest absolute Gasteiger partial charge is 0.396 e. The molecule has 0 aliphatic rings. The summed E-state index contributed by atoms with van der Waals surface area (Å²) < 4.78 is 2.02. The van der Waals surface area contributed by atoms with Gasteiger partial charge in [0.25, 0.3) is 0 Å². The standard InChI is InChI=1S/C14H27N3O/c1-5-12(2)17-8-6-13(16-17)10-15-11-14(3,4)7-9-18/h6,8,12,15,18H,5,7,9-11H2,1-4H3. The molecule has 1 aromatic heterocycles. The first-order chi connectivity index (χ1) is 8.48. The number of aliphatic hydroxyl groups is 1. The van der Waals surface area contributed by atoms with E-state index in [2.05, 4.69) is 44.2 Å². The van der Waals surface area contributed by atoms with E-state index in [1.54, 1.807) is 0 Å². The van der Waals surface area contributed by atoms with Crippen LogP contribution in [0.4, 0.5) is 0 Å². The van der Waals surface area contributed by atoms with Gasteiger partial charge in [-0.15, -0.1) is 0 Å². The van der Waals surface area contributed by atoms with Crippen LogP contribution in [0, 0.1) is 5.41 Å². The van der Waals surface area contributed by atoms with Crippen molar-refractivity contribution in [2.45, 2.75) is 53.1 Å². The molecule has 1 aromatic rings. The minimum Gasteiger partial charge on any atom is -0.396 e. The normalized spacial score (nSPS) is 13.8. The van der Waals surface area contributed by atoms with Crippen molar-refractivity contribution in [2.24, 2.45) is 5.41 Å². The SMILES string of the molecule is CCC(C)n1ccc(CNCC(C)(C)CCO)n1. The fourth-order valence-electron chi connectivity index (χ4n) is 1.82. The highest BCUT2D eigenvalue weighted by Gasteiger charge is 2.16. The molecule has 1 heterocycles. The van der Waals surface area contributed by atoms with Crippen molar-refractivity contribution in [2.75, 3.05) is 13.2 Å². The fraction of sp³-hybridized carbons (Fsp3) is 0.786. The van der Waals surface area contributed by atoms with Gasteiger partial charge in [-0.3, -0.25) is 4.68 Å². The molecule has 0 spiro atoms. The first kappa shape index (κ1) is 15.2. The molecule has 18 heavy (non-hydrogen) atoms. The lowest BCUT2D eigenvalue weighted by Gasteiger charge is -2.23. The van der Waals surface area contributed by atoms with Crippen molar-refractivity contribution in [1.29, 1.82) is 0 Å². The number of nitrogens with one attached hydrogen (secondary N) is 1. The molecular weight excluding hydrogens is 226 g/mol. The van der Waals surface area contributed by atoms with Crippen LogP contribution in [0.3, 0.4) is 0 Å². The zero-order valence-electron chi connectivity index (χ0n) is 12.1. The lowest BCUT2D eigenvalue weighted by Crippen LogP contribution is -2.30. The average molecular weight is 253 g/mol. The number of hydrogen-bond acceptors (Lipinski definition) is 3. The summed E-state index contributed by atoms with van der Waals surface area (Å²) in [5.41, 5.74) is 1.21. The van der Waals surface area contributed by atoms with Crippen LogP contribution in [0.25, 0.3) is 0 Å². The molecule has 0 radical (unpaired) electrons. The van der Waals surface area contributed by atoms with Crippen molar-refractivity contribution in [3.05, 3.63) is 18.0 Å². The van der Waals surface area contributed by atoms with Crippen LogP contribution in [-0.4, -0.2) is 28.0 Å². The average Bonchev–Trinajstić information content (AvgIpc) is 2.76. The molecule has 0 saturated heterocycles. The van der Waals surface area contributed by atoms with Gasteiger partial charge in [0, 0.05) is 31.9 Å². The minimum atomic E-state index is 0.133. The summed E-state index contributed by atoms with van der Waals surface area (Å²) in [6, 6.07) is 2.53. The van der Waals surface area contributed by atoms with Crippen LogP contribution < -0.4 is 5.32 Å². The molecule has 0 aromatic carbocycles. The van der Waals surface area contributed by atoms with Crippen LogP contribution in [0.5, 0.6) is 0 Å². The molecule has 0 bridgehead atoms. The number of rotatable bonds is 8. The van der Waals surface area contributed by atoms with Gasteiger partial charge in [0.2, 0.25) is 0 Å². The van der Waals surface area contributed by atoms with Crippen LogP contribution in [0.1, 0.15) is 52.3 Å². The van der Waals surface area contributed by atoms with E-state index < -0.39 is 0 Å². The molecule has 1 atom stereocenters. The summed E-state index contributed by atoms with van der Waals surface area (Å²) in [5.74, 6) is 0. The third kappa shape index (κ3) is 4.78. The second-order valence-electron chi connectivity index (χ2n) is 5.79. The summed E-state index contributed by atoms with van der Waals surface area (Å²) >= 11 is 0. The van der Waals surface area contributed by atoms with Crippen LogP contribution in [0.15, 0.2) is 12.3 Å². The van der Waals surface area contributed by atoms with Gasteiger partial charge in [-0.2, -0.15) is 5.10 Å². The molecule has 4 heteroatoms. The van der Waals surface area contributed by atoms with Gasteiger partial charge in [-0.25, -0.2) is 0 Å². The Hall–Kier alpha value is -0.870.